The van der Waals surface area contributed by atoms with E-state index in [1.54, 1.807) is 0 Å². The normalized spacial score (nSPS) is 22.4. The number of aromatic nitrogens is 1. The highest BCUT2D eigenvalue weighted by Crippen LogP contribution is 2.09. The fourth-order valence-corrected chi connectivity index (χ4v) is 3.01. The molecule has 0 aromatic carbocycles. The van der Waals surface area contributed by atoms with Crippen LogP contribution in [-0.4, -0.2) is 69.1 Å². The highest BCUT2D eigenvalue weighted by Gasteiger charge is 2.29. The Bertz CT molecular complexity index is 528. The van der Waals surface area contributed by atoms with Crippen molar-refractivity contribution in [1.29, 1.82) is 0 Å². The maximum absolute atomic E-state index is 12.4. The van der Waals surface area contributed by atoms with Crippen LogP contribution in [0.3, 0.4) is 0 Å². The summed E-state index contributed by atoms with van der Waals surface area (Å²) in [5.41, 5.74) is 0. The molecule has 0 spiro atoms. The summed E-state index contributed by atoms with van der Waals surface area (Å²) in [5, 5.41) is 2.79. The zero-order chi connectivity index (χ0) is 15.4. The summed E-state index contributed by atoms with van der Waals surface area (Å²) in [4.78, 5) is 32.2. The fourth-order valence-electron chi connectivity index (χ4n) is 3.01. The smallest absolute Gasteiger partial charge is 0.278 e. The highest BCUT2D eigenvalue weighted by molar-refractivity contribution is 5.79. The van der Waals surface area contributed by atoms with Gasteiger partial charge in [-0.25, -0.2) is 4.98 Å². The first-order valence-electron chi connectivity index (χ1n) is 7.82. The summed E-state index contributed by atoms with van der Waals surface area (Å²) < 4.78 is 0. The predicted octanol–water partition coefficient (Wildman–Crippen LogP) is -2.84. The van der Waals surface area contributed by atoms with Crippen molar-refractivity contribution in [3.8, 4) is 0 Å². The number of piperazine rings is 2. The summed E-state index contributed by atoms with van der Waals surface area (Å²) in [6, 6.07) is 6.02. The van der Waals surface area contributed by atoms with Crippen molar-refractivity contribution in [2.45, 2.75) is 0 Å². The molecule has 1 aromatic rings. The van der Waals surface area contributed by atoms with Gasteiger partial charge in [-0.2, -0.15) is 0 Å². The summed E-state index contributed by atoms with van der Waals surface area (Å²) in [6.07, 6.45) is 1.91. The zero-order valence-electron chi connectivity index (χ0n) is 12.7. The molecule has 2 fully saturated rings. The molecular weight excluding hydrogens is 282 g/mol. The van der Waals surface area contributed by atoms with E-state index in [9.17, 15) is 9.59 Å². The van der Waals surface area contributed by atoms with Crippen molar-refractivity contribution >= 4 is 17.6 Å². The lowest BCUT2D eigenvalue weighted by atomic mass is 10.2. The lowest BCUT2D eigenvalue weighted by Gasteiger charge is -2.32. The van der Waals surface area contributed by atoms with E-state index in [1.807, 2.05) is 29.3 Å². The van der Waals surface area contributed by atoms with Crippen LogP contribution in [0, 0.1) is 0 Å². The molecule has 1 aromatic heterocycles. The van der Waals surface area contributed by atoms with Gasteiger partial charge >= 0.3 is 0 Å². The van der Waals surface area contributed by atoms with Crippen LogP contribution >= 0.6 is 0 Å². The predicted molar refractivity (Wildman–Crippen MR) is 80.4 cm³/mol. The van der Waals surface area contributed by atoms with Gasteiger partial charge in [-0.15, -0.1) is 0 Å². The number of H-pyrrole nitrogens is 1. The minimum atomic E-state index is 0.0403. The van der Waals surface area contributed by atoms with Crippen LogP contribution in [0.2, 0.25) is 0 Å². The number of hydrogen-bond acceptors (Lipinski definition) is 3. The van der Waals surface area contributed by atoms with Crippen LogP contribution in [0.4, 0.5) is 5.82 Å². The second-order valence-corrected chi connectivity index (χ2v) is 5.82. The van der Waals surface area contributed by atoms with Gasteiger partial charge in [-0.05, 0) is 6.07 Å². The number of nitrogens with zero attached hydrogens (tertiary/aromatic N) is 2. The minimum Gasteiger partial charge on any atom is -0.346 e. The molecule has 3 heterocycles. The van der Waals surface area contributed by atoms with Gasteiger partial charge in [0.2, 0.25) is 0 Å². The van der Waals surface area contributed by atoms with E-state index in [-0.39, 0.29) is 11.8 Å². The number of rotatable bonds is 3. The molecule has 7 heteroatoms. The van der Waals surface area contributed by atoms with Crippen molar-refractivity contribution in [2.24, 2.45) is 0 Å². The third-order valence-corrected chi connectivity index (χ3v) is 4.28. The quantitative estimate of drug-likeness (QED) is 0.632. The van der Waals surface area contributed by atoms with Crippen LogP contribution in [0.1, 0.15) is 0 Å². The Morgan fingerprint density at radius 3 is 2.77 bits per heavy atom. The fraction of sp³-hybridized carbons (Fsp3) is 0.533. The molecule has 22 heavy (non-hydrogen) atoms. The molecule has 1 atom stereocenters. The summed E-state index contributed by atoms with van der Waals surface area (Å²) >= 11 is 0. The molecule has 0 saturated carbocycles. The van der Waals surface area contributed by atoms with E-state index in [1.165, 1.54) is 0 Å². The molecule has 1 unspecified atom stereocenters. The summed E-state index contributed by atoms with van der Waals surface area (Å²) in [7, 11) is 0. The van der Waals surface area contributed by atoms with E-state index in [0.29, 0.717) is 19.6 Å². The average molecular weight is 305 g/mol. The number of pyridine rings is 1. The molecule has 118 valence electrons. The molecule has 0 aliphatic carbocycles. The number of quaternary nitrogens is 1. The Morgan fingerprint density at radius 2 is 2.09 bits per heavy atom. The third-order valence-electron chi connectivity index (χ3n) is 4.28. The summed E-state index contributed by atoms with van der Waals surface area (Å²) in [6.45, 7) is 5.47. The Balaban J connectivity index is 1.48. The van der Waals surface area contributed by atoms with E-state index in [2.05, 4.69) is 15.2 Å². The van der Waals surface area contributed by atoms with Gasteiger partial charge in [0.25, 0.3) is 17.6 Å². The largest absolute Gasteiger partial charge is 0.346 e. The number of carbonyl (C=O) groups is 2. The standard InChI is InChI=1S/C15H21N5O2/c21-14-11-18(6-5-17-14)12-15(22)20-9-7-19(8-10-20)13-3-1-2-4-16-13/h1-4H,5-12H2,(H,17,21)/p+2. The van der Waals surface area contributed by atoms with Crippen molar-refractivity contribution < 1.29 is 19.5 Å². The maximum Gasteiger partial charge on any atom is 0.278 e. The summed E-state index contributed by atoms with van der Waals surface area (Å²) in [5.74, 6) is 1.29. The number of nitrogens with one attached hydrogen (secondary N) is 3. The molecule has 7 nitrogen and oxygen atoms in total. The first-order chi connectivity index (χ1) is 10.7. The number of aromatic amines is 1. The number of anilines is 1. The lowest BCUT2D eigenvalue weighted by molar-refractivity contribution is -0.885. The molecule has 3 rings (SSSR count). The van der Waals surface area contributed by atoms with Crippen molar-refractivity contribution in [2.75, 3.05) is 57.3 Å². The van der Waals surface area contributed by atoms with E-state index < -0.39 is 0 Å². The highest BCUT2D eigenvalue weighted by atomic mass is 16.2. The first-order valence-corrected chi connectivity index (χ1v) is 7.82. The molecule has 2 aliphatic heterocycles. The molecular formula is C15H23N5O2+2. The van der Waals surface area contributed by atoms with Gasteiger partial charge in [0.1, 0.15) is 13.1 Å². The Hall–Kier alpha value is -2.15. The van der Waals surface area contributed by atoms with E-state index in [4.69, 9.17) is 0 Å². The third kappa shape index (κ3) is 3.54. The lowest BCUT2D eigenvalue weighted by Crippen LogP contribution is -3.16. The molecule has 2 amide bonds. The van der Waals surface area contributed by atoms with Crippen molar-refractivity contribution in [3.05, 3.63) is 24.4 Å². The van der Waals surface area contributed by atoms with Crippen LogP contribution in [0.15, 0.2) is 24.4 Å². The number of hydrogen-bond donors (Lipinski definition) is 2. The molecule has 2 aliphatic rings. The first kappa shape index (κ1) is 14.8. The van der Waals surface area contributed by atoms with Crippen molar-refractivity contribution in [1.82, 2.24) is 10.2 Å². The van der Waals surface area contributed by atoms with Crippen LogP contribution in [0.5, 0.6) is 0 Å². The molecule has 0 bridgehead atoms. The van der Waals surface area contributed by atoms with Gasteiger partial charge in [-0.1, -0.05) is 6.07 Å². The Morgan fingerprint density at radius 1 is 1.27 bits per heavy atom. The van der Waals surface area contributed by atoms with Crippen LogP contribution in [-0.2, 0) is 9.59 Å². The Labute approximate surface area is 129 Å². The maximum atomic E-state index is 12.4. The van der Waals surface area contributed by atoms with Crippen LogP contribution in [0.25, 0.3) is 0 Å². The second kappa shape index (κ2) is 6.74. The van der Waals surface area contributed by atoms with Crippen LogP contribution < -0.4 is 20.1 Å². The SMILES string of the molecule is O=C1C[NH+](CC(=O)N2CCN(c3cccc[nH+]3)CC2)CCN1. The van der Waals surface area contributed by atoms with Gasteiger partial charge in [0, 0.05) is 6.07 Å². The van der Waals surface area contributed by atoms with Gasteiger partial charge in [0.15, 0.2) is 13.1 Å². The van der Waals surface area contributed by atoms with Gasteiger partial charge in [0.05, 0.1) is 32.4 Å². The van der Waals surface area contributed by atoms with E-state index in [0.717, 1.165) is 43.4 Å². The number of amides is 2. The Kier molecular flexibility index (Phi) is 4.53. The van der Waals surface area contributed by atoms with E-state index >= 15 is 0 Å². The van der Waals surface area contributed by atoms with Crippen molar-refractivity contribution in [3.63, 3.8) is 0 Å². The molecule has 0 radical (unpaired) electrons. The number of carbonyl (C=O) groups excluding carboxylic acids is 2. The van der Waals surface area contributed by atoms with Gasteiger partial charge in [-0.3, -0.25) is 14.5 Å². The van der Waals surface area contributed by atoms with Gasteiger partial charge < -0.3 is 15.1 Å². The topological polar surface area (TPSA) is 71.2 Å². The monoisotopic (exact) mass is 305 g/mol. The molecule has 2 saturated heterocycles. The average Bonchev–Trinajstić information content (AvgIpc) is 2.56. The minimum absolute atomic E-state index is 0.0403. The molecule has 3 N–H and O–H groups in total. The zero-order valence-corrected chi connectivity index (χ0v) is 12.7. The second-order valence-electron chi connectivity index (χ2n) is 5.82.